The minimum atomic E-state index is -4.04. The minimum Gasteiger partial charge on any atom is -0.497 e. The molecule has 2 amide bonds. The van der Waals surface area contributed by atoms with Crippen molar-refractivity contribution in [3.05, 3.63) is 71.0 Å². The summed E-state index contributed by atoms with van der Waals surface area (Å²) in [6, 6.07) is 11.0. The molecule has 0 saturated carbocycles. The number of sulfone groups is 1. The van der Waals surface area contributed by atoms with Gasteiger partial charge in [0.05, 0.1) is 23.1 Å². The summed E-state index contributed by atoms with van der Waals surface area (Å²) in [5.74, 6) is -2.18. The number of halogens is 1. The van der Waals surface area contributed by atoms with Crippen molar-refractivity contribution in [2.24, 2.45) is 5.73 Å². The quantitative estimate of drug-likeness (QED) is 0.600. The van der Waals surface area contributed by atoms with Gasteiger partial charge in [-0.1, -0.05) is 18.2 Å². The highest BCUT2D eigenvalue weighted by molar-refractivity contribution is 7.93. The van der Waals surface area contributed by atoms with Gasteiger partial charge in [-0.3, -0.25) is 9.59 Å². The van der Waals surface area contributed by atoms with E-state index in [9.17, 15) is 22.4 Å². The maximum atomic E-state index is 13.9. The third-order valence-electron chi connectivity index (χ3n) is 4.27. The standard InChI is InChI=1S/C20H17FN2O5S2/c1-11-7-8-12(28-2)9-16(11)30(26,27)17-10-14(18(22)24)20(29-17)23-19(25)13-5-3-4-6-15(13)21/h3-10H,1-2H3,(H2,22,24)(H,23,25). The molecule has 0 unspecified atom stereocenters. The van der Waals surface area contributed by atoms with E-state index in [1.54, 1.807) is 19.1 Å². The number of carbonyl (C=O) groups excluding carboxylic acids is 2. The number of amides is 2. The predicted octanol–water partition coefficient (Wildman–Crippen LogP) is 3.39. The van der Waals surface area contributed by atoms with Crippen molar-refractivity contribution in [3.63, 3.8) is 0 Å². The van der Waals surface area contributed by atoms with Crippen LogP contribution >= 0.6 is 11.3 Å². The molecule has 2 aromatic carbocycles. The molecule has 0 aliphatic carbocycles. The van der Waals surface area contributed by atoms with E-state index in [-0.39, 0.29) is 25.2 Å². The van der Waals surface area contributed by atoms with Crippen molar-refractivity contribution in [1.82, 2.24) is 0 Å². The molecule has 1 aromatic heterocycles. The Labute approximate surface area is 176 Å². The van der Waals surface area contributed by atoms with Gasteiger partial charge in [-0.25, -0.2) is 12.8 Å². The molecule has 0 aliphatic heterocycles. The number of hydrogen-bond donors (Lipinski definition) is 2. The van der Waals surface area contributed by atoms with Gasteiger partial charge in [0.2, 0.25) is 9.84 Å². The maximum Gasteiger partial charge on any atom is 0.259 e. The maximum absolute atomic E-state index is 13.9. The highest BCUT2D eigenvalue weighted by atomic mass is 32.2. The summed E-state index contributed by atoms with van der Waals surface area (Å²) < 4.78 is 45.1. The van der Waals surface area contributed by atoms with Crippen LogP contribution in [0.4, 0.5) is 9.39 Å². The van der Waals surface area contributed by atoms with Crippen LogP contribution in [0.2, 0.25) is 0 Å². The zero-order chi connectivity index (χ0) is 22.1. The lowest BCUT2D eigenvalue weighted by molar-refractivity contribution is 0.100. The summed E-state index contributed by atoms with van der Waals surface area (Å²) in [4.78, 5) is 24.2. The van der Waals surface area contributed by atoms with Crippen LogP contribution in [0.1, 0.15) is 26.3 Å². The van der Waals surface area contributed by atoms with Crippen molar-refractivity contribution in [2.75, 3.05) is 12.4 Å². The first-order chi connectivity index (χ1) is 14.1. The van der Waals surface area contributed by atoms with E-state index in [1.165, 1.54) is 31.4 Å². The van der Waals surface area contributed by atoms with Gasteiger partial charge in [-0.05, 0) is 42.8 Å². The fourth-order valence-corrected chi connectivity index (χ4v) is 5.70. The summed E-state index contributed by atoms with van der Waals surface area (Å²) >= 11 is 0.657. The number of primary amides is 1. The third kappa shape index (κ3) is 4.05. The number of rotatable bonds is 6. The van der Waals surface area contributed by atoms with Gasteiger partial charge in [0, 0.05) is 0 Å². The highest BCUT2D eigenvalue weighted by Crippen LogP contribution is 2.36. The van der Waals surface area contributed by atoms with Gasteiger partial charge < -0.3 is 15.8 Å². The zero-order valence-corrected chi connectivity index (χ0v) is 17.6. The highest BCUT2D eigenvalue weighted by Gasteiger charge is 2.27. The molecule has 10 heteroatoms. The second kappa shape index (κ2) is 8.25. The van der Waals surface area contributed by atoms with Crippen LogP contribution < -0.4 is 15.8 Å². The molecule has 0 radical (unpaired) electrons. The number of ether oxygens (including phenoxy) is 1. The first-order valence-corrected chi connectivity index (χ1v) is 10.8. The number of carbonyl (C=O) groups is 2. The molecule has 0 fully saturated rings. The number of methoxy groups -OCH3 is 1. The molecular weight excluding hydrogens is 431 g/mol. The Morgan fingerprint density at radius 3 is 2.43 bits per heavy atom. The smallest absolute Gasteiger partial charge is 0.259 e. The van der Waals surface area contributed by atoms with Crippen molar-refractivity contribution in [3.8, 4) is 5.75 Å². The van der Waals surface area contributed by atoms with Crippen molar-refractivity contribution in [1.29, 1.82) is 0 Å². The fourth-order valence-electron chi connectivity index (χ4n) is 2.70. The number of anilines is 1. The lowest BCUT2D eigenvalue weighted by atomic mass is 10.2. The third-order valence-corrected chi connectivity index (χ3v) is 7.69. The molecular formula is C20H17FN2O5S2. The Morgan fingerprint density at radius 1 is 1.10 bits per heavy atom. The van der Waals surface area contributed by atoms with Crippen LogP contribution in [-0.4, -0.2) is 27.3 Å². The Kier molecular flexibility index (Phi) is 5.90. The second-order valence-electron chi connectivity index (χ2n) is 6.24. The normalized spacial score (nSPS) is 11.2. The average Bonchev–Trinajstić information content (AvgIpc) is 3.13. The second-order valence-corrected chi connectivity index (χ2v) is 9.44. The molecule has 0 spiro atoms. The first-order valence-electron chi connectivity index (χ1n) is 8.54. The molecule has 3 N–H and O–H groups in total. The van der Waals surface area contributed by atoms with Gasteiger partial charge >= 0.3 is 0 Å². The van der Waals surface area contributed by atoms with Crippen molar-refractivity contribution in [2.45, 2.75) is 16.0 Å². The molecule has 30 heavy (non-hydrogen) atoms. The van der Waals surface area contributed by atoms with Crippen LogP contribution in [0, 0.1) is 12.7 Å². The Hall–Kier alpha value is -3.24. The van der Waals surface area contributed by atoms with Gasteiger partial charge in [0.1, 0.15) is 20.8 Å². The van der Waals surface area contributed by atoms with E-state index in [4.69, 9.17) is 10.5 Å². The van der Waals surface area contributed by atoms with E-state index < -0.39 is 27.5 Å². The molecule has 1 heterocycles. The van der Waals surface area contributed by atoms with Gasteiger partial charge in [-0.15, -0.1) is 11.3 Å². The van der Waals surface area contributed by atoms with Crippen LogP contribution in [0.25, 0.3) is 0 Å². The van der Waals surface area contributed by atoms with E-state index in [0.717, 1.165) is 12.1 Å². The summed E-state index contributed by atoms with van der Waals surface area (Å²) in [6.07, 6.45) is 0. The molecule has 7 nitrogen and oxygen atoms in total. The summed E-state index contributed by atoms with van der Waals surface area (Å²) in [5, 5.41) is 2.29. The molecule has 3 aromatic rings. The van der Waals surface area contributed by atoms with Gasteiger partial charge in [0.15, 0.2) is 0 Å². The van der Waals surface area contributed by atoms with Crippen LogP contribution in [0.5, 0.6) is 5.75 Å². The van der Waals surface area contributed by atoms with Crippen LogP contribution in [0.15, 0.2) is 57.6 Å². The molecule has 156 valence electrons. The van der Waals surface area contributed by atoms with Crippen molar-refractivity contribution >= 4 is 38.0 Å². The van der Waals surface area contributed by atoms with E-state index in [0.29, 0.717) is 22.6 Å². The number of nitrogens with one attached hydrogen (secondary N) is 1. The fraction of sp³-hybridized carbons (Fsp3) is 0.100. The van der Waals surface area contributed by atoms with Crippen LogP contribution in [-0.2, 0) is 9.84 Å². The number of nitrogens with two attached hydrogens (primary N) is 1. The van der Waals surface area contributed by atoms with Crippen molar-refractivity contribution < 1.29 is 27.1 Å². The summed E-state index contributed by atoms with van der Waals surface area (Å²) in [5.41, 5.74) is 5.38. The number of benzene rings is 2. The number of aryl methyl sites for hydroxylation is 1. The van der Waals surface area contributed by atoms with E-state index in [2.05, 4.69) is 5.32 Å². The monoisotopic (exact) mass is 448 g/mol. The van der Waals surface area contributed by atoms with Gasteiger partial charge in [-0.2, -0.15) is 0 Å². The minimum absolute atomic E-state index is 0.00824. The molecule has 0 atom stereocenters. The van der Waals surface area contributed by atoms with Gasteiger partial charge in [0.25, 0.3) is 11.8 Å². The van der Waals surface area contributed by atoms with E-state index in [1.807, 2.05) is 0 Å². The molecule has 0 aliphatic rings. The Bertz CT molecular complexity index is 1250. The summed E-state index contributed by atoms with van der Waals surface area (Å²) in [6.45, 7) is 1.62. The van der Waals surface area contributed by atoms with E-state index >= 15 is 0 Å². The predicted molar refractivity (Wildman–Crippen MR) is 110 cm³/mol. The summed E-state index contributed by atoms with van der Waals surface area (Å²) in [7, 11) is -2.63. The number of hydrogen-bond acceptors (Lipinski definition) is 6. The largest absolute Gasteiger partial charge is 0.497 e. The average molecular weight is 448 g/mol. The lowest BCUT2D eigenvalue weighted by Gasteiger charge is -2.08. The topological polar surface area (TPSA) is 116 Å². The zero-order valence-electron chi connectivity index (χ0n) is 15.9. The lowest BCUT2D eigenvalue weighted by Crippen LogP contribution is -2.17. The Balaban J connectivity index is 2.05. The molecule has 0 saturated heterocycles. The SMILES string of the molecule is COc1ccc(C)c(S(=O)(=O)c2cc(C(N)=O)c(NC(=O)c3ccccc3F)s2)c1. The molecule has 0 bridgehead atoms. The molecule has 3 rings (SSSR count). The first kappa shape index (κ1) is 21.5. The van der Waals surface area contributed by atoms with Crippen LogP contribution in [0.3, 0.4) is 0 Å². The number of thiophene rings is 1. The Morgan fingerprint density at radius 2 is 1.80 bits per heavy atom.